The first-order valence-corrected chi connectivity index (χ1v) is 12.0. The molecule has 2 heterocycles. The van der Waals surface area contributed by atoms with Crippen molar-refractivity contribution in [1.82, 2.24) is 14.5 Å². The molecule has 5 aromatic carbocycles. The van der Waals surface area contributed by atoms with Gasteiger partial charge in [-0.1, -0.05) is 88.7 Å². The summed E-state index contributed by atoms with van der Waals surface area (Å²) in [6.07, 6.45) is 0. The van der Waals surface area contributed by atoms with Gasteiger partial charge in [-0.2, -0.15) is 0 Å². The largest absolute Gasteiger partial charge is 0.278 e. The zero-order chi connectivity index (χ0) is 22.6. The van der Waals surface area contributed by atoms with Gasteiger partial charge in [0.05, 0.1) is 22.2 Å². The van der Waals surface area contributed by atoms with Gasteiger partial charge in [-0.3, -0.25) is 4.57 Å². The number of nitrogens with zero attached hydrogens (tertiary/aromatic N) is 3. The fraction of sp³-hybridized carbons (Fsp3) is 0. The van der Waals surface area contributed by atoms with E-state index >= 15 is 0 Å². The molecule has 7 rings (SSSR count). The minimum Gasteiger partial charge on any atom is -0.278 e. The van der Waals surface area contributed by atoms with E-state index in [-0.39, 0.29) is 0 Å². The highest BCUT2D eigenvalue weighted by Crippen LogP contribution is 2.36. The zero-order valence-electron chi connectivity index (χ0n) is 18.1. The molecule has 0 saturated heterocycles. The van der Waals surface area contributed by atoms with Crippen molar-refractivity contribution in [2.45, 2.75) is 0 Å². The van der Waals surface area contributed by atoms with Crippen molar-refractivity contribution in [3.05, 3.63) is 114 Å². The summed E-state index contributed by atoms with van der Waals surface area (Å²) < 4.78 is 3.25. The quantitative estimate of drug-likeness (QED) is 0.239. The van der Waals surface area contributed by atoms with Crippen molar-refractivity contribution in [3.8, 4) is 17.2 Å². The van der Waals surface area contributed by atoms with Gasteiger partial charge in [-0.05, 0) is 47.2 Å². The van der Waals surface area contributed by atoms with Crippen molar-refractivity contribution in [1.29, 1.82) is 0 Å². The summed E-state index contributed by atoms with van der Waals surface area (Å²) in [5, 5.41) is 5.83. The van der Waals surface area contributed by atoms with E-state index in [9.17, 15) is 0 Å². The molecule has 0 fully saturated rings. The molecule has 0 aliphatic rings. The number of para-hydroxylation sites is 1. The molecule has 3 nitrogen and oxygen atoms in total. The van der Waals surface area contributed by atoms with Crippen molar-refractivity contribution in [3.63, 3.8) is 0 Å². The van der Waals surface area contributed by atoms with Gasteiger partial charge in [0.2, 0.25) is 5.95 Å². The van der Waals surface area contributed by atoms with E-state index in [0.717, 1.165) is 37.7 Å². The smallest absolute Gasteiger partial charge is 0.235 e. The van der Waals surface area contributed by atoms with Crippen molar-refractivity contribution in [2.24, 2.45) is 0 Å². The van der Waals surface area contributed by atoms with Crippen LogP contribution in [-0.2, 0) is 0 Å². The highest BCUT2D eigenvalue weighted by molar-refractivity contribution is 9.10. The van der Waals surface area contributed by atoms with Gasteiger partial charge in [-0.15, -0.1) is 0 Å². The lowest BCUT2D eigenvalue weighted by Gasteiger charge is -2.12. The first kappa shape index (κ1) is 19.4. The van der Waals surface area contributed by atoms with E-state index in [1.54, 1.807) is 0 Å². The summed E-state index contributed by atoms with van der Waals surface area (Å²) in [5.41, 5.74) is 5.13. The second kappa shape index (κ2) is 7.51. The molecule has 7 aromatic rings. The molecule has 0 bridgehead atoms. The summed E-state index contributed by atoms with van der Waals surface area (Å²) in [6, 6.07) is 38.0. The molecule has 0 spiro atoms. The Morgan fingerprint density at radius 3 is 2.12 bits per heavy atom. The van der Waals surface area contributed by atoms with E-state index < -0.39 is 0 Å². The van der Waals surface area contributed by atoms with Crippen LogP contribution >= 0.6 is 15.9 Å². The van der Waals surface area contributed by atoms with Gasteiger partial charge in [0.15, 0.2) is 0 Å². The number of halogens is 1. The van der Waals surface area contributed by atoms with Crippen molar-refractivity contribution >= 4 is 59.4 Å². The summed E-state index contributed by atoms with van der Waals surface area (Å²) in [5.74, 6) is 0.676. The van der Waals surface area contributed by atoms with Gasteiger partial charge in [-0.25, -0.2) is 9.97 Å². The van der Waals surface area contributed by atoms with Crippen LogP contribution in [0.15, 0.2) is 114 Å². The zero-order valence-corrected chi connectivity index (χ0v) is 19.7. The maximum atomic E-state index is 5.16. The molecule has 0 aliphatic heterocycles. The fourth-order valence-electron chi connectivity index (χ4n) is 4.87. The molecule has 0 amide bonds. The number of hydrogen-bond donors (Lipinski definition) is 0. The molecule has 0 atom stereocenters. The Bertz CT molecular complexity index is 1870. The summed E-state index contributed by atoms with van der Waals surface area (Å²) in [6.45, 7) is 0. The molecule has 0 aliphatic carbocycles. The van der Waals surface area contributed by atoms with Gasteiger partial charge in [0.25, 0.3) is 0 Å². The number of fused-ring (bicyclic) bond motifs is 5. The molecule has 0 saturated carbocycles. The minimum atomic E-state index is 0.676. The Kier molecular flexibility index (Phi) is 4.29. The van der Waals surface area contributed by atoms with E-state index in [1.165, 1.54) is 21.5 Å². The van der Waals surface area contributed by atoms with Crippen LogP contribution in [0.25, 0.3) is 60.7 Å². The third-order valence-corrected chi connectivity index (χ3v) is 6.93. The first-order valence-electron chi connectivity index (χ1n) is 11.2. The second-order valence-electron chi connectivity index (χ2n) is 8.47. The van der Waals surface area contributed by atoms with Crippen LogP contribution in [0.1, 0.15) is 0 Å². The minimum absolute atomic E-state index is 0.676. The Labute approximate surface area is 204 Å². The molecule has 0 unspecified atom stereocenters. The third-order valence-electron chi connectivity index (χ3n) is 6.43. The van der Waals surface area contributed by atoms with Crippen LogP contribution in [0.5, 0.6) is 0 Å². The van der Waals surface area contributed by atoms with Crippen LogP contribution in [-0.4, -0.2) is 14.5 Å². The first-order chi connectivity index (χ1) is 16.8. The van der Waals surface area contributed by atoms with Crippen LogP contribution in [0.3, 0.4) is 0 Å². The number of hydrogen-bond acceptors (Lipinski definition) is 2. The van der Waals surface area contributed by atoms with Gasteiger partial charge in [0, 0.05) is 26.2 Å². The monoisotopic (exact) mass is 499 g/mol. The summed E-state index contributed by atoms with van der Waals surface area (Å²) in [4.78, 5) is 10.2. The van der Waals surface area contributed by atoms with Gasteiger partial charge >= 0.3 is 0 Å². The Morgan fingerprint density at radius 1 is 0.559 bits per heavy atom. The van der Waals surface area contributed by atoms with Crippen LogP contribution in [0, 0.1) is 0 Å². The second-order valence-corrected chi connectivity index (χ2v) is 9.38. The number of benzene rings is 5. The SMILES string of the molecule is Brc1ccc2c(c1)c1cc3ccccc3cc1n2-c1nc(-c2ccccc2)c2ccccc2n1. The highest BCUT2D eigenvalue weighted by atomic mass is 79.9. The average molecular weight is 500 g/mol. The van der Waals surface area contributed by atoms with E-state index in [0.29, 0.717) is 5.95 Å². The van der Waals surface area contributed by atoms with Crippen LogP contribution < -0.4 is 0 Å². The van der Waals surface area contributed by atoms with Gasteiger partial charge < -0.3 is 0 Å². The number of rotatable bonds is 2. The maximum absolute atomic E-state index is 5.16. The van der Waals surface area contributed by atoms with Crippen molar-refractivity contribution in [2.75, 3.05) is 0 Å². The third kappa shape index (κ3) is 2.96. The van der Waals surface area contributed by atoms with E-state index in [4.69, 9.17) is 9.97 Å². The van der Waals surface area contributed by atoms with Crippen LogP contribution in [0.4, 0.5) is 0 Å². The molecule has 0 radical (unpaired) electrons. The standard InChI is InChI=1S/C30H18BrN3/c31-22-14-15-27-25(18-22)24-16-20-10-4-5-11-21(20)17-28(24)34(27)30-32-26-13-7-6-12-23(26)29(33-30)19-8-2-1-3-9-19/h1-18H. The van der Waals surface area contributed by atoms with Crippen molar-refractivity contribution < 1.29 is 0 Å². The summed E-state index contributed by atoms with van der Waals surface area (Å²) >= 11 is 3.67. The Morgan fingerprint density at radius 2 is 1.26 bits per heavy atom. The topological polar surface area (TPSA) is 30.7 Å². The number of aromatic nitrogens is 3. The molecular weight excluding hydrogens is 482 g/mol. The molecule has 2 aromatic heterocycles. The summed E-state index contributed by atoms with van der Waals surface area (Å²) in [7, 11) is 0. The Hall–Kier alpha value is -4.02. The normalized spacial score (nSPS) is 11.7. The lowest BCUT2D eigenvalue weighted by molar-refractivity contribution is 1.01. The molecule has 0 N–H and O–H groups in total. The lowest BCUT2D eigenvalue weighted by Crippen LogP contribution is -2.03. The predicted molar refractivity (Wildman–Crippen MR) is 145 cm³/mol. The molecule has 160 valence electrons. The lowest BCUT2D eigenvalue weighted by atomic mass is 10.1. The Balaban J connectivity index is 1.64. The predicted octanol–water partition coefficient (Wildman–Crippen LogP) is 8.31. The highest BCUT2D eigenvalue weighted by Gasteiger charge is 2.18. The molecule has 34 heavy (non-hydrogen) atoms. The average Bonchev–Trinajstić information content (AvgIpc) is 3.19. The van der Waals surface area contributed by atoms with E-state index in [2.05, 4.69) is 111 Å². The van der Waals surface area contributed by atoms with E-state index in [1.807, 2.05) is 18.2 Å². The van der Waals surface area contributed by atoms with Gasteiger partial charge in [0.1, 0.15) is 0 Å². The fourth-order valence-corrected chi connectivity index (χ4v) is 5.23. The molecule has 4 heteroatoms. The maximum Gasteiger partial charge on any atom is 0.235 e. The molecular formula is C30H18BrN3. The van der Waals surface area contributed by atoms with Crippen LogP contribution in [0.2, 0.25) is 0 Å².